The summed E-state index contributed by atoms with van der Waals surface area (Å²) in [6.07, 6.45) is -4.71. The lowest BCUT2D eigenvalue weighted by atomic mass is 10.0. The number of hydrogen-bond acceptors (Lipinski definition) is 6. The van der Waals surface area contributed by atoms with Crippen molar-refractivity contribution in [1.29, 1.82) is 0 Å². The molecule has 2 unspecified atom stereocenters. The van der Waals surface area contributed by atoms with Gasteiger partial charge in [0.1, 0.15) is 0 Å². The molecule has 1 aliphatic carbocycles. The molecule has 5 N–H and O–H groups in total. The molecule has 1 aromatic carbocycles. The Morgan fingerprint density at radius 3 is 2.47 bits per heavy atom. The predicted octanol–water partition coefficient (Wildman–Crippen LogP) is 1.35. The number of rotatable bonds is 4. The third-order valence-electron chi connectivity index (χ3n) is 5.77. The molecule has 2 atom stereocenters. The van der Waals surface area contributed by atoms with Crippen molar-refractivity contribution in [2.75, 3.05) is 30.3 Å². The summed E-state index contributed by atoms with van der Waals surface area (Å²) in [5, 5.41) is -0.141. The fraction of sp³-hybridized carbons (Fsp3) is 0.556. The molecule has 2 fully saturated rings. The lowest BCUT2D eigenvalue weighted by Crippen LogP contribution is -2.34. The number of H-pyrrole nitrogens is 1. The minimum atomic E-state index is -4.86. The van der Waals surface area contributed by atoms with E-state index in [1.54, 1.807) is 0 Å². The molecule has 12 heteroatoms. The minimum Gasteiger partial charge on any atom is -0.396 e. The normalized spacial score (nSPS) is 22.3. The van der Waals surface area contributed by atoms with Gasteiger partial charge in [0.2, 0.25) is 0 Å². The molecular weight excluding hydrogens is 410 g/mol. The number of aromatic amines is 1. The fourth-order valence-corrected chi connectivity index (χ4v) is 4.29. The van der Waals surface area contributed by atoms with Crippen molar-refractivity contribution in [1.82, 2.24) is 9.55 Å². The first-order valence-corrected chi connectivity index (χ1v) is 9.49. The van der Waals surface area contributed by atoms with E-state index in [0.717, 1.165) is 0 Å². The molecule has 30 heavy (non-hydrogen) atoms. The number of benzene rings is 1. The number of hydrogen-bond donors (Lipinski definition) is 3. The van der Waals surface area contributed by atoms with Crippen molar-refractivity contribution < 1.29 is 22.3 Å². The first-order chi connectivity index (χ1) is 14.0. The van der Waals surface area contributed by atoms with E-state index in [4.69, 9.17) is 11.5 Å². The van der Waals surface area contributed by atoms with Gasteiger partial charge in [-0.05, 0) is 26.3 Å². The molecular formula is C18H21F4N5O3. The van der Waals surface area contributed by atoms with Gasteiger partial charge in [-0.2, -0.15) is 0 Å². The molecule has 8 nitrogen and oxygen atoms in total. The maximum Gasteiger partial charge on any atom is 0.522 e. The number of aryl methyl sites for hydroxylation is 1. The zero-order valence-corrected chi connectivity index (χ0v) is 16.1. The summed E-state index contributed by atoms with van der Waals surface area (Å²) in [7, 11) is 0. The average molecular weight is 431 g/mol. The molecule has 0 radical (unpaired) electrons. The number of halogens is 4. The molecule has 1 saturated carbocycles. The summed E-state index contributed by atoms with van der Waals surface area (Å²) in [4.78, 5) is 28.3. The fourth-order valence-electron chi connectivity index (χ4n) is 4.29. The van der Waals surface area contributed by atoms with Crippen molar-refractivity contribution in [3.8, 4) is 0 Å². The van der Waals surface area contributed by atoms with Gasteiger partial charge in [0, 0.05) is 30.6 Å². The van der Waals surface area contributed by atoms with E-state index in [-0.39, 0.29) is 47.8 Å². The Morgan fingerprint density at radius 1 is 1.23 bits per heavy atom. The van der Waals surface area contributed by atoms with Crippen molar-refractivity contribution in [2.45, 2.75) is 38.3 Å². The van der Waals surface area contributed by atoms with Gasteiger partial charge in [-0.3, -0.25) is 19.1 Å². The predicted molar refractivity (Wildman–Crippen MR) is 102 cm³/mol. The highest BCUT2D eigenvalue weighted by molar-refractivity contribution is 5.97. The van der Waals surface area contributed by atoms with E-state index < -0.39 is 41.1 Å². The Morgan fingerprint density at radius 2 is 1.90 bits per heavy atom. The zero-order chi connectivity index (χ0) is 22.0. The SMILES string of the molecule is Cc1c(N2CC(CN)C(OC(F)(F)F)C2)c(F)c(N)c2c(=O)[nH]c(=O)n(C3CC3)c12. The van der Waals surface area contributed by atoms with Crippen LogP contribution in [0.1, 0.15) is 24.4 Å². The van der Waals surface area contributed by atoms with Crippen LogP contribution in [0.4, 0.5) is 28.9 Å². The lowest BCUT2D eigenvalue weighted by Gasteiger charge is -2.25. The minimum absolute atomic E-state index is 0.0107. The van der Waals surface area contributed by atoms with Crippen molar-refractivity contribution in [2.24, 2.45) is 11.7 Å². The van der Waals surface area contributed by atoms with Crippen LogP contribution in [0.25, 0.3) is 10.9 Å². The highest BCUT2D eigenvalue weighted by atomic mass is 19.4. The Hall–Kier alpha value is -2.60. The molecule has 0 bridgehead atoms. The molecule has 1 aliphatic heterocycles. The quantitative estimate of drug-likeness (QED) is 0.497. The number of ether oxygens (including phenoxy) is 1. The van der Waals surface area contributed by atoms with Gasteiger partial charge in [-0.25, -0.2) is 9.18 Å². The maximum absolute atomic E-state index is 15.3. The number of fused-ring (bicyclic) bond motifs is 1. The lowest BCUT2D eigenvalue weighted by molar-refractivity contribution is -0.343. The number of nitrogens with one attached hydrogen (secondary N) is 1. The van der Waals surface area contributed by atoms with Gasteiger partial charge in [-0.15, -0.1) is 13.2 Å². The van der Waals surface area contributed by atoms with E-state index in [2.05, 4.69) is 9.72 Å². The smallest absolute Gasteiger partial charge is 0.396 e. The van der Waals surface area contributed by atoms with Crippen LogP contribution in [0.2, 0.25) is 0 Å². The average Bonchev–Trinajstić information content (AvgIpc) is 3.39. The molecule has 0 amide bonds. The Balaban J connectivity index is 1.89. The summed E-state index contributed by atoms with van der Waals surface area (Å²) in [6, 6.07) is -0.148. The van der Waals surface area contributed by atoms with Gasteiger partial charge in [-0.1, -0.05) is 0 Å². The second kappa shape index (κ2) is 6.98. The van der Waals surface area contributed by atoms with Gasteiger partial charge in [0.15, 0.2) is 5.82 Å². The first-order valence-electron chi connectivity index (χ1n) is 9.49. The van der Waals surface area contributed by atoms with Crippen LogP contribution in [0.5, 0.6) is 0 Å². The molecule has 0 spiro atoms. The van der Waals surface area contributed by atoms with E-state index in [1.165, 1.54) is 16.4 Å². The molecule has 4 rings (SSSR count). The number of nitrogen functional groups attached to an aromatic ring is 1. The van der Waals surface area contributed by atoms with Crippen LogP contribution >= 0.6 is 0 Å². The number of anilines is 2. The van der Waals surface area contributed by atoms with Crippen LogP contribution in [0.15, 0.2) is 9.59 Å². The van der Waals surface area contributed by atoms with Gasteiger partial charge < -0.3 is 16.4 Å². The highest BCUT2D eigenvalue weighted by Crippen LogP contribution is 2.42. The van der Waals surface area contributed by atoms with Crippen LogP contribution in [0.3, 0.4) is 0 Å². The monoisotopic (exact) mass is 431 g/mol. The third kappa shape index (κ3) is 3.33. The number of nitrogens with two attached hydrogens (primary N) is 2. The van der Waals surface area contributed by atoms with Crippen LogP contribution in [-0.4, -0.2) is 41.7 Å². The van der Waals surface area contributed by atoms with Crippen molar-refractivity contribution in [3.05, 3.63) is 32.2 Å². The van der Waals surface area contributed by atoms with Gasteiger partial charge >= 0.3 is 12.1 Å². The highest BCUT2D eigenvalue weighted by Gasteiger charge is 2.43. The van der Waals surface area contributed by atoms with Crippen LogP contribution in [0, 0.1) is 18.7 Å². The number of alkyl halides is 3. The summed E-state index contributed by atoms with van der Waals surface area (Å²) < 4.78 is 59.1. The Kier molecular flexibility index (Phi) is 4.81. The van der Waals surface area contributed by atoms with Gasteiger partial charge in [0.05, 0.1) is 28.4 Å². The number of nitrogens with zero attached hydrogens (tertiary/aromatic N) is 2. The zero-order valence-electron chi connectivity index (χ0n) is 16.1. The summed E-state index contributed by atoms with van der Waals surface area (Å²) in [5.41, 5.74) is 10.1. The molecule has 1 aromatic heterocycles. The van der Waals surface area contributed by atoms with E-state index in [9.17, 15) is 22.8 Å². The summed E-state index contributed by atoms with van der Waals surface area (Å²) in [6.45, 7) is 1.18. The molecule has 164 valence electrons. The second-order valence-corrected chi connectivity index (χ2v) is 7.79. The molecule has 2 aromatic rings. The standard InChI is InChI=1S/C18H21F4N5O3/c1-7-14-11(16(28)25-17(29)27(14)9-2-3-9)13(24)12(19)15(7)26-5-8(4-23)10(6-26)30-18(20,21)22/h8-10H,2-6,23-24H2,1H3,(H,25,28,29). The third-order valence-corrected chi connectivity index (χ3v) is 5.77. The number of aromatic nitrogens is 2. The van der Waals surface area contributed by atoms with Crippen molar-refractivity contribution >= 4 is 22.3 Å². The first kappa shape index (κ1) is 20.7. The van der Waals surface area contributed by atoms with Crippen LogP contribution in [-0.2, 0) is 4.74 Å². The Labute approximate surface area is 167 Å². The molecule has 1 saturated heterocycles. The van der Waals surface area contributed by atoms with E-state index >= 15 is 4.39 Å². The van der Waals surface area contributed by atoms with E-state index in [0.29, 0.717) is 12.8 Å². The largest absolute Gasteiger partial charge is 0.522 e. The summed E-state index contributed by atoms with van der Waals surface area (Å²) in [5.74, 6) is -1.61. The topological polar surface area (TPSA) is 119 Å². The van der Waals surface area contributed by atoms with E-state index in [1.807, 2.05) is 0 Å². The second-order valence-electron chi connectivity index (χ2n) is 7.79. The van der Waals surface area contributed by atoms with Crippen LogP contribution < -0.4 is 27.6 Å². The summed E-state index contributed by atoms with van der Waals surface area (Å²) >= 11 is 0. The maximum atomic E-state index is 15.3. The van der Waals surface area contributed by atoms with Crippen molar-refractivity contribution in [3.63, 3.8) is 0 Å². The molecule has 2 aliphatic rings. The Bertz CT molecular complexity index is 1120. The molecule has 2 heterocycles. The van der Waals surface area contributed by atoms with Gasteiger partial charge in [0.25, 0.3) is 5.56 Å².